The Morgan fingerprint density at radius 1 is 1.18 bits per heavy atom. The molecule has 0 atom stereocenters. The maximum atomic E-state index is 12.8. The molecule has 2 N–H and O–H groups in total. The van der Waals surface area contributed by atoms with E-state index >= 15 is 0 Å². The third-order valence-corrected chi connectivity index (χ3v) is 6.15. The van der Waals surface area contributed by atoms with Gasteiger partial charge in [0.1, 0.15) is 6.61 Å². The van der Waals surface area contributed by atoms with E-state index < -0.39 is 11.9 Å². The van der Waals surface area contributed by atoms with Crippen molar-refractivity contribution in [2.45, 2.75) is 6.92 Å². The van der Waals surface area contributed by atoms with Crippen molar-refractivity contribution in [2.75, 3.05) is 18.5 Å². The van der Waals surface area contributed by atoms with Crippen LogP contribution in [-0.4, -0.2) is 34.5 Å². The lowest BCUT2D eigenvalue weighted by molar-refractivity contribution is -0.123. The monoisotopic (exact) mass is 523 g/mol. The summed E-state index contributed by atoms with van der Waals surface area (Å²) in [4.78, 5) is 25.5. The van der Waals surface area contributed by atoms with E-state index in [1.807, 2.05) is 6.92 Å². The summed E-state index contributed by atoms with van der Waals surface area (Å²) >= 11 is 18.2. The molecule has 1 saturated heterocycles. The Morgan fingerprint density at radius 3 is 2.67 bits per heavy atom. The van der Waals surface area contributed by atoms with Crippen molar-refractivity contribution < 1.29 is 19.1 Å². The van der Waals surface area contributed by atoms with Crippen LogP contribution in [0.5, 0.6) is 11.5 Å². The Morgan fingerprint density at radius 2 is 1.97 bits per heavy atom. The van der Waals surface area contributed by atoms with Gasteiger partial charge in [-0.3, -0.25) is 4.79 Å². The molecule has 3 amide bonds. The minimum absolute atomic E-state index is 0.187. The smallest absolute Gasteiger partial charge is 0.338 e. The van der Waals surface area contributed by atoms with Gasteiger partial charge in [-0.25, -0.2) is 10.2 Å². The van der Waals surface area contributed by atoms with Gasteiger partial charge in [0.25, 0.3) is 5.91 Å². The second kappa shape index (κ2) is 11.4. The van der Waals surface area contributed by atoms with Crippen molar-refractivity contribution in [1.82, 2.24) is 10.4 Å². The average Bonchev–Trinajstić information content (AvgIpc) is 3.03. The topological polar surface area (TPSA) is 79.9 Å². The lowest BCUT2D eigenvalue weighted by atomic mass is 10.2. The molecule has 0 aromatic heterocycles. The van der Waals surface area contributed by atoms with Crippen molar-refractivity contribution >= 4 is 75.2 Å². The number of nitrogens with one attached hydrogen (secondary N) is 2. The van der Waals surface area contributed by atoms with E-state index in [-0.39, 0.29) is 9.34 Å². The number of halogens is 2. The number of hydrogen-bond donors (Lipinski definition) is 2. The number of ether oxygens (including phenoxy) is 2. The number of thioether (sulfide) groups is 1. The van der Waals surface area contributed by atoms with Crippen LogP contribution in [0.4, 0.5) is 10.5 Å². The average molecular weight is 524 g/mol. The number of benzene rings is 2. The zero-order valence-corrected chi connectivity index (χ0v) is 20.5. The minimum atomic E-state index is -0.659. The normalized spacial score (nSPS) is 14.4. The molecule has 1 fully saturated rings. The summed E-state index contributed by atoms with van der Waals surface area (Å²) in [6.45, 7) is 6.29. The van der Waals surface area contributed by atoms with Gasteiger partial charge in [-0.1, -0.05) is 53.7 Å². The summed E-state index contributed by atoms with van der Waals surface area (Å²) in [5.41, 5.74) is 3.56. The lowest BCUT2D eigenvalue weighted by Gasteiger charge is -2.16. The highest BCUT2D eigenvalue weighted by atomic mass is 35.5. The lowest BCUT2D eigenvalue weighted by Crippen LogP contribution is -2.46. The first-order valence-electron chi connectivity index (χ1n) is 9.63. The predicted octanol–water partition coefficient (Wildman–Crippen LogP) is 5.89. The summed E-state index contributed by atoms with van der Waals surface area (Å²) < 4.78 is 11.4. The molecule has 2 aromatic carbocycles. The first kappa shape index (κ1) is 24.9. The van der Waals surface area contributed by atoms with Crippen molar-refractivity contribution in [2.24, 2.45) is 0 Å². The number of carbonyl (C=O) groups is 2. The molecule has 0 unspecified atom stereocenters. The first-order chi connectivity index (χ1) is 15.8. The Hall–Kier alpha value is -2.72. The molecule has 11 heteroatoms. The van der Waals surface area contributed by atoms with Crippen molar-refractivity contribution in [3.05, 3.63) is 69.6 Å². The van der Waals surface area contributed by atoms with Crippen molar-refractivity contribution in [3.8, 4) is 11.5 Å². The molecule has 1 heterocycles. The van der Waals surface area contributed by atoms with Crippen LogP contribution >= 0.6 is 47.2 Å². The fraction of sp³-hybridized carbons (Fsp3) is 0.136. The molecule has 1 aliphatic heterocycles. The molecule has 33 heavy (non-hydrogen) atoms. The zero-order chi connectivity index (χ0) is 24.0. The van der Waals surface area contributed by atoms with Crippen LogP contribution in [0.25, 0.3) is 6.08 Å². The summed E-state index contributed by atoms with van der Waals surface area (Å²) in [6.07, 6.45) is 3.30. The van der Waals surface area contributed by atoms with Crippen LogP contribution in [0.15, 0.2) is 54.0 Å². The molecule has 0 aliphatic carbocycles. The van der Waals surface area contributed by atoms with Crippen LogP contribution in [-0.2, 0) is 4.79 Å². The molecular formula is C22H19Cl2N3O4S2. The molecular weight excluding hydrogens is 505 g/mol. The van der Waals surface area contributed by atoms with Gasteiger partial charge < -0.3 is 14.8 Å². The number of urea groups is 1. The number of hydrogen-bond acceptors (Lipinski definition) is 6. The molecule has 0 spiro atoms. The third-order valence-electron chi connectivity index (χ3n) is 4.11. The van der Waals surface area contributed by atoms with Gasteiger partial charge in [0.15, 0.2) is 15.8 Å². The van der Waals surface area contributed by atoms with E-state index in [1.54, 1.807) is 42.5 Å². The van der Waals surface area contributed by atoms with Crippen LogP contribution in [0, 0.1) is 0 Å². The summed E-state index contributed by atoms with van der Waals surface area (Å²) in [5.74, 6) is 0.657. The number of thiocarbonyl (C=S) groups is 1. The molecule has 2 aromatic rings. The molecule has 172 valence electrons. The van der Waals surface area contributed by atoms with Crippen molar-refractivity contribution in [1.29, 1.82) is 0 Å². The second-order valence-corrected chi connectivity index (χ2v) is 8.94. The largest absolute Gasteiger partial charge is 0.490 e. The third kappa shape index (κ3) is 6.42. The van der Waals surface area contributed by atoms with Crippen LogP contribution < -0.4 is 20.2 Å². The summed E-state index contributed by atoms with van der Waals surface area (Å²) in [6, 6.07) is 9.27. The molecule has 1 aliphatic rings. The highest BCUT2D eigenvalue weighted by Crippen LogP contribution is 2.34. The highest BCUT2D eigenvalue weighted by molar-refractivity contribution is 8.26. The van der Waals surface area contributed by atoms with Crippen molar-refractivity contribution in [3.63, 3.8) is 0 Å². The number of anilines is 1. The minimum Gasteiger partial charge on any atom is -0.490 e. The van der Waals surface area contributed by atoms with Gasteiger partial charge in [0, 0.05) is 5.69 Å². The van der Waals surface area contributed by atoms with E-state index in [1.165, 1.54) is 6.07 Å². The quantitative estimate of drug-likeness (QED) is 0.255. The van der Waals surface area contributed by atoms with Crippen LogP contribution in [0.3, 0.4) is 0 Å². The standard InChI is InChI=1S/C22H19Cl2N3O4S2/c1-3-9-31-17-8-5-13(10-18(17)30-4-2)11-19-20(28)27(22(32)33-19)26-21(29)25-14-6-7-15(23)16(24)12-14/h3,5-8,10-12H,1,4,9H2,2H3,(H2,25,26,29)/b19-11+. The number of amides is 3. The fourth-order valence-corrected chi connectivity index (χ4v) is 4.18. The SMILES string of the molecule is C=CCOc1ccc(/C=C2/SC(=S)N(NC(=O)Nc3ccc(Cl)c(Cl)c3)C2=O)cc1OCC. The van der Waals surface area contributed by atoms with Gasteiger partial charge in [-0.2, -0.15) is 5.01 Å². The number of hydrazine groups is 1. The number of carbonyl (C=O) groups excluding carboxylic acids is 2. The molecule has 0 radical (unpaired) electrons. The van der Waals surface area contributed by atoms with Crippen LogP contribution in [0.1, 0.15) is 12.5 Å². The zero-order valence-electron chi connectivity index (χ0n) is 17.4. The van der Waals surface area contributed by atoms with Gasteiger partial charge in [0.05, 0.1) is 21.6 Å². The maximum Gasteiger partial charge on any atom is 0.338 e. The summed E-state index contributed by atoms with van der Waals surface area (Å²) in [5, 5.41) is 4.22. The van der Waals surface area contributed by atoms with E-state index in [4.69, 9.17) is 44.9 Å². The Balaban J connectivity index is 1.72. The predicted molar refractivity (Wildman–Crippen MR) is 137 cm³/mol. The van der Waals surface area contributed by atoms with E-state index in [0.29, 0.717) is 45.9 Å². The summed E-state index contributed by atoms with van der Waals surface area (Å²) in [7, 11) is 0. The Labute approximate surface area is 210 Å². The maximum absolute atomic E-state index is 12.8. The van der Waals surface area contributed by atoms with E-state index in [2.05, 4.69) is 17.3 Å². The molecule has 7 nitrogen and oxygen atoms in total. The first-order valence-corrected chi connectivity index (χ1v) is 11.6. The molecule has 3 rings (SSSR count). The van der Waals surface area contributed by atoms with Gasteiger partial charge in [0.2, 0.25) is 0 Å². The van der Waals surface area contributed by atoms with E-state index in [0.717, 1.165) is 16.8 Å². The van der Waals surface area contributed by atoms with Gasteiger partial charge >= 0.3 is 6.03 Å². The molecule has 0 saturated carbocycles. The Bertz CT molecular complexity index is 1140. The molecule has 0 bridgehead atoms. The second-order valence-electron chi connectivity index (χ2n) is 6.45. The fourth-order valence-electron chi connectivity index (χ4n) is 2.70. The highest BCUT2D eigenvalue weighted by Gasteiger charge is 2.33. The van der Waals surface area contributed by atoms with Crippen LogP contribution in [0.2, 0.25) is 10.0 Å². The number of rotatable bonds is 8. The van der Waals surface area contributed by atoms with Gasteiger partial charge in [-0.05, 0) is 61.1 Å². The Kier molecular flexibility index (Phi) is 8.62. The van der Waals surface area contributed by atoms with Gasteiger partial charge in [-0.15, -0.1) is 0 Å². The van der Waals surface area contributed by atoms with E-state index in [9.17, 15) is 9.59 Å². The number of nitrogens with zero attached hydrogens (tertiary/aromatic N) is 1.